The smallest absolute Gasteiger partial charge is 0.0501 e. The first-order chi connectivity index (χ1) is 7.19. The Bertz CT molecular complexity index is 304. The molecule has 1 aromatic heterocycles. The van der Waals surface area contributed by atoms with Gasteiger partial charge in [0, 0.05) is 16.9 Å². The fourth-order valence-corrected chi connectivity index (χ4v) is 2.19. The van der Waals surface area contributed by atoms with Crippen LogP contribution in [-0.2, 0) is 0 Å². The SMILES string of the molecule is CCCC(C)C(NN)c1cncc(Br)c1. The van der Waals surface area contributed by atoms with Crippen LogP contribution < -0.4 is 11.3 Å². The lowest BCUT2D eigenvalue weighted by atomic mass is 9.92. The molecule has 0 aliphatic carbocycles. The van der Waals surface area contributed by atoms with Crippen LogP contribution in [0.15, 0.2) is 22.9 Å². The maximum Gasteiger partial charge on any atom is 0.0501 e. The molecule has 3 N–H and O–H groups in total. The van der Waals surface area contributed by atoms with Gasteiger partial charge in [-0.15, -0.1) is 0 Å². The lowest BCUT2D eigenvalue weighted by Gasteiger charge is -2.23. The van der Waals surface area contributed by atoms with Crippen molar-refractivity contribution in [3.05, 3.63) is 28.5 Å². The Morgan fingerprint density at radius 1 is 1.53 bits per heavy atom. The van der Waals surface area contributed by atoms with Gasteiger partial charge in [0.25, 0.3) is 0 Å². The molecule has 15 heavy (non-hydrogen) atoms. The number of hydrogen-bond donors (Lipinski definition) is 2. The molecule has 1 heterocycles. The number of pyridine rings is 1. The summed E-state index contributed by atoms with van der Waals surface area (Å²) in [6, 6.07) is 2.24. The largest absolute Gasteiger partial charge is 0.271 e. The highest BCUT2D eigenvalue weighted by Crippen LogP contribution is 2.25. The van der Waals surface area contributed by atoms with Gasteiger partial charge >= 0.3 is 0 Å². The van der Waals surface area contributed by atoms with Crippen molar-refractivity contribution >= 4 is 15.9 Å². The summed E-state index contributed by atoms with van der Waals surface area (Å²) in [7, 11) is 0. The van der Waals surface area contributed by atoms with Crippen LogP contribution in [0.25, 0.3) is 0 Å². The van der Waals surface area contributed by atoms with E-state index in [2.05, 4.69) is 46.3 Å². The first kappa shape index (κ1) is 12.6. The second-order valence-electron chi connectivity index (χ2n) is 3.85. The summed E-state index contributed by atoms with van der Waals surface area (Å²) in [5, 5.41) is 0. The first-order valence-corrected chi connectivity index (χ1v) is 6.05. The average Bonchev–Trinajstić information content (AvgIpc) is 2.19. The fraction of sp³-hybridized carbons (Fsp3) is 0.545. The second kappa shape index (κ2) is 6.20. The van der Waals surface area contributed by atoms with Crippen molar-refractivity contribution in [1.29, 1.82) is 0 Å². The van der Waals surface area contributed by atoms with Crippen LogP contribution in [0.5, 0.6) is 0 Å². The van der Waals surface area contributed by atoms with E-state index in [1.165, 1.54) is 6.42 Å². The molecule has 1 rings (SSSR count). The predicted molar refractivity (Wildman–Crippen MR) is 66.1 cm³/mol. The number of hydrogen-bond acceptors (Lipinski definition) is 3. The topological polar surface area (TPSA) is 50.9 Å². The van der Waals surface area contributed by atoms with E-state index in [0.717, 1.165) is 16.5 Å². The minimum atomic E-state index is 0.176. The molecule has 0 aliphatic rings. The normalized spacial score (nSPS) is 14.9. The third-order valence-electron chi connectivity index (χ3n) is 2.58. The Hall–Kier alpha value is -0.450. The quantitative estimate of drug-likeness (QED) is 0.640. The zero-order valence-corrected chi connectivity index (χ0v) is 10.8. The van der Waals surface area contributed by atoms with Crippen molar-refractivity contribution in [2.45, 2.75) is 32.7 Å². The van der Waals surface area contributed by atoms with Crippen LogP contribution in [0.4, 0.5) is 0 Å². The molecule has 0 bridgehead atoms. The van der Waals surface area contributed by atoms with Crippen LogP contribution >= 0.6 is 15.9 Å². The molecule has 84 valence electrons. The lowest BCUT2D eigenvalue weighted by molar-refractivity contribution is 0.367. The van der Waals surface area contributed by atoms with E-state index >= 15 is 0 Å². The number of nitrogens with zero attached hydrogens (tertiary/aromatic N) is 1. The molecule has 0 fully saturated rings. The van der Waals surface area contributed by atoms with Crippen molar-refractivity contribution < 1.29 is 0 Å². The second-order valence-corrected chi connectivity index (χ2v) is 4.76. The molecular weight excluding hydrogens is 254 g/mol. The van der Waals surface area contributed by atoms with Gasteiger partial charge in [-0.3, -0.25) is 16.3 Å². The van der Waals surface area contributed by atoms with Crippen molar-refractivity contribution in [2.24, 2.45) is 11.8 Å². The fourth-order valence-electron chi connectivity index (χ4n) is 1.81. The minimum Gasteiger partial charge on any atom is -0.271 e. The third-order valence-corrected chi connectivity index (χ3v) is 3.01. The summed E-state index contributed by atoms with van der Waals surface area (Å²) in [6.07, 6.45) is 5.96. The molecule has 0 aliphatic heterocycles. The highest BCUT2D eigenvalue weighted by Gasteiger charge is 2.17. The molecule has 0 amide bonds. The van der Waals surface area contributed by atoms with Crippen LogP contribution in [-0.4, -0.2) is 4.98 Å². The number of halogens is 1. The summed E-state index contributed by atoms with van der Waals surface area (Å²) in [4.78, 5) is 4.15. The molecule has 0 radical (unpaired) electrons. The molecule has 3 nitrogen and oxygen atoms in total. The molecule has 0 spiro atoms. The summed E-state index contributed by atoms with van der Waals surface area (Å²) < 4.78 is 0.990. The van der Waals surface area contributed by atoms with Crippen LogP contribution in [0.3, 0.4) is 0 Å². The number of nitrogens with one attached hydrogen (secondary N) is 1. The summed E-state index contributed by atoms with van der Waals surface area (Å²) in [6.45, 7) is 4.39. The molecular formula is C11H18BrN3. The highest BCUT2D eigenvalue weighted by atomic mass is 79.9. The van der Waals surface area contributed by atoms with E-state index < -0.39 is 0 Å². The highest BCUT2D eigenvalue weighted by molar-refractivity contribution is 9.10. The van der Waals surface area contributed by atoms with Gasteiger partial charge in [0.2, 0.25) is 0 Å². The summed E-state index contributed by atoms with van der Waals surface area (Å²) >= 11 is 3.42. The first-order valence-electron chi connectivity index (χ1n) is 5.25. The molecule has 0 saturated heterocycles. The molecule has 0 aromatic carbocycles. The number of aromatic nitrogens is 1. The molecule has 4 heteroatoms. The van der Waals surface area contributed by atoms with Gasteiger partial charge < -0.3 is 0 Å². The Morgan fingerprint density at radius 3 is 2.80 bits per heavy atom. The maximum absolute atomic E-state index is 5.59. The van der Waals surface area contributed by atoms with E-state index in [4.69, 9.17) is 5.84 Å². The van der Waals surface area contributed by atoms with E-state index in [0.29, 0.717) is 5.92 Å². The van der Waals surface area contributed by atoms with E-state index in [9.17, 15) is 0 Å². The van der Waals surface area contributed by atoms with Gasteiger partial charge in [0.15, 0.2) is 0 Å². The van der Waals surface area contributed by atoms with Crippen LogP contribution in [0, 0.1) is 5.92 Å². The lowest BCUT2D eigenvalue weighted by Crippen LogP contribution is -2.32. The van der Waals surface area contributed by atoms with Crippen molar-refractivity contribution in [1.82, 2.24) is 10.4 Å². The van der Waals surface area contributed by atoms with E-state index in [1.807, 2.05) is 6.20 Å². The van der Waals surface area contributed by atoms with Crippen LogP contribution in [0.1, 0.15) is 38.3 Å². The van der Waals surface area contributed by atoms with Crippen molar-refractivity contribution in [3.8, 4) is 0 Å². The zero-order valence-electron chi connectivity index (χ0n) is 9.20. The predicted octanol–water partition coefficient (Wildman–Crippen LogP) is 2.78. The summed E-state index contributed by atoms with van der Waals surface area (Å²) in [5.41, 5.74) is 4.00. The van der Waals surface area contributed by atoms with Gasteiger partial charge in [0.05, 0.1) is 6.04 Å². The monoisotopic (exact) mass is 271 g/mol. The van der Waals surface area contributed by atoms with Crippen LogP contribution in [0.2, 0.25) is 0 Å². The number of hydrazine groups is 1. The number of nitrogens with two attached hydrogens (primary N) is 1. The van der Waals surface area contributed by atoms with Gasteiger partial charge in [-0.1, -0.05) is 20.3 Å². The average molecular weight is 272 g/mol. The molecule has 2 atom stereocenters. The number of rotatable bonds is 5. The molecule has 0 saturated carbocycles. The third kappa shape index (κ3) is 3.55. The summed E-state index contributed by atoms with van der Waals surface area (Å²) in [5.74, 6) is 6.10. The Kier molecular flexibility index (Phi) is 5.22. The van der Waals surface area contributed by atoms with Gasteiger partial charge in [-0.25, -0.2) is 0 Å². The standard InChI is InChI=1S/C11H18BrN3/c1-3-4-8(2)11(15-13)9-5-10(12)7-14-6-9/h5-8,11,15H,3-4,13H2,1-2H3. The molecule has 2 unspecified atom stereocenters. The minimum absolute atomic E-state index is 0.176. The van der Waals surface area contributed by atoms with Crippen molar-refractivity contribution in [2.75, 3.05) is 0 Å². The molecule has 1 aromatic rings. The van der Waals surface area contributed by atoms with Gasteiger partial charge in [-0.05, 0) is 39.9 Å². The van der Waals surface area contributed by atoms with E-state index in [1.54, 1.807) is 6.20 Å². The Balaban J connectivity index is 2.82. The zero-order chi connectivity index (χ0) is 11.3. The van der Waals surface area contributed by atoms with Crippen molar-refractivity contribution in [3.63, 3.8) is 0 Å². The maximum atomic E-state index is 5.59. The Labute approximate surface area is 99.6 Å². The van der Waals surface area contributed by atoms with E-state index in [-0.39, 0.29) is 6.04 Å². The Morgan fingerprint density at radius 2 is 2.27 bits per heavy atom. The van der Waals surface area contributed by atoms with Gasteiger partial charge in [0.1, 0.15) is 0 Å². The van der Waals surface area contributed by atoms with Gasteiger partial charge in [-0.2, -0.15) is 0 Å².